The highest BCUT2D eigenvalue weighted by Crippen LogP contribution is 2.64. The van der Waals surface area contributed by atoms with E-state index in [4.69, 9.17) is 19.4 Å². The number of halogens is 1. The van der Waals surface area contributed by atoms with Crippen LogP contribution in [0.2, 0.25) is 0 Å². The largest absolute Gasteiger partial charge is 0.487 e. The number of para-hydroxylation sites is 1. The average Bonchev–Trinajstić information content (AvgIpc) is 3.34. The molecule has 0 bridgehead atoms. The third kappa shape index (κ3) is 4.91. The molecule has 0 amide bonds. The van der Waals surface area contributed by atoms with Crippen molar-refractivity contribution in [3.63, 3.8) is 0 Å². The van der Waals surface area contributed by atoms with Gasteiger partial charge in [-0.25, -0.2) is 9.97 Å². The van der Waals surface area contributed by atoms with Gasteiger partial charge in [0, 0.05) is 28.4 Å². The predicted molar refractivity (Wildman–Crippen MR) is 156 cm³/mol. The Morgan fingerprint density at radius 3 is 2.64 bits per heavy atom. The molecule has 2 aromatic heterocycles. The fourth-order valence-electron chi connectivity index (χ4n) is 5.58. The van der Waals surface area contributed by atoms with Crippen molar-refractivity contribution in [1.82, 2.24) is 14.5 Å². The second kappa shape index (κ2) is 10.1. The van der Waals surface area contributed by atoms with E-state index in [1.807, 2.05) is 55.5 Å². The van der Waals surface area contributed by atoms with Crippen molar-refractivity contribution in [3.8, 4) is 5.75 Å². The lowest BCUT2D eigenvalue weighted by Gasteiger charge is -2.11. The van der Waals surface area contributed by atoms with Crippen molar-refractivity contribution < 1.29 is 14.3 Å². The Balaban J connectivity index is 1.33. The first kappa shape index (κ1) is 25.6. The summed E-state index contributed by atoms with van der Waals surface area (Å²) in [5.41, 5.74) is 4.59. The molecule has 7 heteroatoms. The summed E-state index contributed by atoms with van der Waals surface area (Å²) >= 11 is 3.59. The first-order valence-electron chi connectivity index (χ1n) is 13.2. The molecule has 0 radical (unpaired) electrons. The fourth-order valence-corrected chi connectivity index (χ4v) is 6.02. The van der Waals surface area contributed by atoms with Gasteiger partial charge in [-0.05, 0) is 54.3 Å². The highest BCUT2D eigenvalue weighted by molar-refractivity contribution is 9.10. The average molecular weight is 585 g/mol. The van der Waals surface area contributed by atoms with E-state index in [0.29, 0.717) is 19.8 Å². The third-order valence-electron chi connectivity index (χ3n) is 7.67. The Morgan fingerprint density at radius 2 is 1.82 bits per heavy atom. The summed E-state index contributed by atoms with van der Waals surface area (Å²) in [6.45, 7) is 7.47. The van der Waals surface area contributed by atoms with E-state index < -0.39 is 0 Å². The molecule has 0 aliphatic heterocycles. The maximum absolute atomic E-state index is 12.8. The Labute approximate surface area is 236 Å². The number of aromatic nitrogens is 3. The molecule has 2 atom stereocenters. The zero-order valence-corrected chi connectivity index (χ0v) is 23.8. The van der Waals surface area contributed by atoms with Crippen LogP contribution < -0.4 is 4.74 Å². The minimum atomic E-state index is -0.232. The highest BCUT2D eigenvalue weighted by atomic mass is 79.9. The Hall–Kier alpha value is -3.71. The Bertz CT molecular complexity index is 1690. The second-order valence-electron chi connectivity index (χ2n) is 10.6. The number of fused-ring (bicyclic) bond motifs is 2. The van der Waals surface area contributed by atoms with Gasteiger partial charge in [0.15, 0.2) is 0 Å². The van der Waals surface area contributed by atoms with Gasteiger partial charge in [-0.2, -0.15) is 0 Å². The van der Waals surface area contributed by atoms with Gasteiger partial charge in [0.25, 0.3) is 0 Å². The van der Waals surface area contributed by atoms with Gasteiger partial charge in [0.05, 0.1) is 34.8 Å². The predicted octanol–water partition coefficient (Wildman–Crippen LogP) is 7.28. The molecule has 1 aliphatic rings. The maximum Gasteiger partial charge on any atom is 0.310 e. The SMILES string of the molecule is CCOC(=O)[C@@H]1C(c2nc3cc(OCc4ccc5ccccc5n4)ccc3n2Cc2cccc(Br)c2)C1(C)C. The van der Waals surface area contributed by atoms with Gasteiger partial charge in [0.1, 0.15) is 18.2 Å². The number of hydrogen-bond acceptors (Lipinski definition) is 5. The van der Waals surface area contributed by atoms with Crippen LogP contribution in [0.4, 0.5) is 0 Å². The van der Waals surface area contributed by atoms with Gasteiger partial charge in [-0.15, -0.1) is 0 Å². The quantitative estimate of drug-likeness (QED) is 0.180. The molecule has 1 aliphatic carbocycles. The van der Waals surface area contributed by atoms with Gasteiger partial charge < -0.3 is 14.0 Å². The first-order chi connectivity index (χ1) is 18.8. The molecule has 0 spiro atoms. The van der Waals surface area contributed by atoms with Crippen LogP contribution in [0.3, 0.4) is 0 Å². The van der Waals surface area contributed by atoms with E-state index in [0.717, 1.165) is 49.2 Å². The molecular weight excluding hydrogens is 554 g/mol. The Kier molecular flexibility index (Phi) is 6.63. The summed E-state index contributed by atoms with van der Waals surface area (Å²) in [7, 11) is 0. The zero-order valence-electron chi connectivity index (χ0n) is 22.2. The van der Waals surface area contributed by atoms with Gasteiger partial charge in [0.2, 0.25) is 0 Å². The van der Waals surface area contributed by atoms with E-state index in [1.54, 1.807) is 0 Å². The molecule has 198 valence electrons. The van der Waals surface area contributed by atoms with Crippen LogP contribution in [-0.2, 0) is 22.7 Å². The van der Waals surface area contributed by atoms with Crippen molar-refractivity contribution in [2.75, 3.05) is 6.61 Å². The van der Waals surface area contributed by atoms with Crippen molar-refractivity contribution in [2.45, 2.75) is 39.8 Å². The number of carbonyl (C=O) groups is 1. The van der Waals surface area contributed by atoms with Crippen LogP contribution in [0.15, 0.2) is 83.3 Å². The van der Waals surface area contributed by atoms with E-state index >= 15 is 0 Å². The standard InChI is InChI=1S/C32H30BrN3O3/c1-4-38-31(37)29-28(32(29,2)3)30-35-26-17-24(39-19-23-13-12-21-9-5-6-11-25(21)34-23)14-15-27(26)36(30)18-20-8-7-10-22(33)16-20/h5-17,28-29H,4,18-19H2,1-3H3/t28?,29-/m0/s1. The molecule has 0 N–H and O–H groups in total. The molecule has 5 aromatic rings. The first-order valence-corrected chi connectivity index (χ1v) is 14.0. The summed E-state index contributed by atoms with van der Waals surface area (Å²) in [5.74, 6) is 1.24. The summed E-state index contributed by atoms with van der Waals surface area (Å²) in [4.78, 5) is 22.6. The molecule has 1 unspecified atom stereocenters. The highest BCUT2D eigenvalue weighted by Gasteiger charge is 2.65. The normalized spacial score (nSPS) is 17.8. The van der Waals surface area contributed by atoms with Crippen LogP contribution in [-0.4, -0.2) is 27.1 Å². The van der Waals surface area contributed by atoms with Crippen LogP contribution in [0, 0.1) is 11.3 Å². The monoisotopic (exact) mass is 583 g/mol. The number of pyridine rings is 1. The number of imidazole rings is 1. The van der Waals surface area contributed by atoms with Gasteiger partial charge in [-0.3, -0.25) is 4.79 Å². The number of nitrogens with zero attached hydrogens (tertiary/aromatic N) is 3. The molecule has 6 nitrogen and oxygen atoms in total. The number of rotatable bonds is 8. The van der Waals surface area contributed by atoms with E-state index in [9.17, 15) is 4.79 Å². The molecular formula is C32H30BrN3O3. The molecule has 6 rings (SSSR count). The topological polar surface area (TPSA) is 66.2 Å². The Morgan fingerprint density at radius 1 is 0.974 bits per heavy atom. The van der Waals surface area contributed by atoms with E-state index in [-0.39, 0.29) is 23.2 Å². The minimum Gasteiger partial charge on any atom is -0.487 e. The number of benzene rings is 3. The zero-order chi connectivity index (χ0) is 27.1. The van der Waals surface area contributed by atoms with E-state index in [2.05, 4.69) is 64.7 Å². The van der Waals surface area contributed by atoms with Crippen LogP contribution in [0.25, 0.3) is 21.9 Å². The summed E-state index contributed by atoms with van der Waals surface area (Å²) in [6, 6.07) is 26.4. The van der Waals surface area contributed by atoms with Crippen LogP contribution >= 0.6 is 15.9 Å². The van der Waals surface area contributed by atoms with E-state index in [1.165, 1.54) is 0 Å². The lowest BCUT2D eigenvalue weighted by Crippen LogP contribution is -2.11. The molecule has 1 saturated carbocycles. The van der Waals surface area contributed by atoms with Crippen molar-refractivity contribution in [2.24, 2.45) is 11.3 Å². The lowest BCUT2D eigenvalue weighted by atomic mass is 10.1. The smallest absolute Gasteiger partial charge is 0.310 e. The van der Waals surface area contributed by atoms with Gasteiger partial charge in [-0.1, -0.05) is 66.2 Å². The maximum atomic E-state index is 12.8. The number of esters is 1. The second-order valence-corrected chi connectivity index (χ2v) is 11.6. The minimum absolute atomic E-state index is 0.0257. The summed E-state index contributed by atoms with van der Waals surface area (Å²) < 4.78 is 14.8. The fraction of sp³-hybridized carbons (Fsp3) is 0.281. The number of carbonyl (C=O) groups excluding carboxylic acids is 1. The van der Waals surface area contributed by atoms with Crippen molar-refractivity contribution >= 4 is 43.8 Å². The molecule has 1 fully saturated rings. The van der Waals surface area contributed by atoms with Crippen LogP contribution in [0.1, 0.15) is 43.8 Å². The molecule has 3 aromatic carbocycles. The molecule has 2 heterocycles. The third-order valence-corrected chi connectivity index (χ3v) is 8.16. The number of ether oxygens (including phenoxy) is 2. The summed E-state index contributed by atoms with van der Waals surface area (Å²) in [5, 5.41) is 1.11. The molecule has 39 heavy (non-hydrogen) atoms. The van der Waals surface area contributed by atoms with Crippen LogP contribution in [0.5, 0.6) is 5.75 Å². The lowest BCUT2D eigenvalue weighted by molar-refractivity contribution is -0.145. The van der Waals surface area contributed by atoms with Crippen molar-refractivity contribution in [1.29, 1.82) is 0 Å². The summed E-state index contributed by atoms with van der Waals surface area (Å²) in [6.07, 6.45) is 0. The van der Waals surface area contributed by atoms with Crippen molar-refractivity contribution in [3.05, 3.63) is 100 Å². The molecule has 0 saturated heterocycles. The van der Waals surface area contributed by atoms with Gasteiger partial charge >= 0.3 is 5.97 Å². The number of hydrogen-bond donors (Lipinski definition) is 0.